The molecule has 2 N–H and O–H groups in total. The van der Waals surface area contributed by atoms with E-state index in [4.69, 9.17) is 0 Å². The molecule has 0 amide bonds. The molecule has 24 heavy (non-hydrogen) atoms. The van der Waals surface area contributed by atoms with Gasteiger partial charge in [-0.1, -0.05) is 12.1 Å². The van der Waals surface area contributed by atoms with Crippen LogP contribution in [0.25, 0.3) is 0 Å². The summed E-state index contributed by atoms with van der Waals surface area (Å²) in [6.45, 7) is 12.6. The standard InChI is InChI=1S/C18H31FN4.HI/c1-7-20-18(21-10-11-23(6)13(2)3)22-15(5)16-9-8-14(4)17(19)12-16;/h8-9,12-13,15H,7,10-11H2,1-6H3,(H2,20,21,22);1H. The van der Waals surface area contributed by atoms with E-state index in [0.29, 0.717) is 11.6 Å². The predicted molar refractivity (Wildman–Crippen MR) is 112 cm³/mol. The Labute approximate surface area is 163 Å². The number of benzene rings is 1. The molecule has 0 radical (unpaired) electrons. The van der Waals surface area contributed by atoms with Gasteiger partial charge in [-0.2, -0.15) is 0 Å². The minimum Gasteiger partial charge on any atom is -0.357 e. The highest BCUT2D eigenvalue weighted by molar-refractivity contribution is 14.0. The first-order valence-corrected chi connectivity index (χ1v) is 8.36. The highest BCUT2D eigenvalue weighted by atomic mass is 127. The largest absolute Gasteiger partial charge is 0.357 e. The third kappa shape index (κ3) is 7.79. The Hall–Kier alpha value is -0.890. The van der Waals surface area contributed by atoms with Gasteiger partial charge >= 0.3 is 0 Å². The molecule has 0 spiro atoms. The first-order chi connectivity index (χ1) is 10.8. The molecule has 0 aliphatic carbocycles. The molecule has 0 saturated carbocycles. The van der Waals surface area contributed by atoms with Gasteiger partial charge in [0, 0.05) is 19.1 Å². The number of guanidine groups is 1. The van der Waals surface area contributed by atoms with Crippen LogP contribution in [0.2, 0.25) is 0 Å². The van der Waals surface area contributed by atoms with Crippen molar-refractivity contribution in [3.05, 3.63) is 35.1 Å². The fourth-order valence-electron chi connectivity index (χ4n) is 2.06. The minimum atomic E-state index is -0.170. The van der Waals surface area contributed by atoms with Gasteiger partial charge in [0.15, 0.2) is 5.96 Å². The topological polar surface area (TPSA) is 39.7 Å². The maximum absolute atomic E-state index is 13.7. The molecule has 0 saturated heterocycles. The lowest BCUT2D eigenvalue weighted by molar-refractivity contribution is 0.282. The van der Waals surface area contributed by atoms with Crippen LogP contribution in [0.3, 0.4) is 0 Å². The predicted octanol–water partition coefficient (Wildman–Crippen LogP) is 3.71. The smallest absolute Gasteiger partial charge is 0.191 e. The molecule has 0 aliphatic rings. The highest BCUT2D eigenvalue weighted by Crippen LogP contribution is 2.16. The number of rotatable bonds is 7. The molecule has 1 aromatic rings. The average Bonchev–Trinajstić information content (AvgIpc) is 2.49. The zero-order chi connectivity index (χ0) is 17.4. The van der Waals surface area contributed by atoms with Crippen LogP contribution < -0.4 is 10.6 Å². The molecule has 1 unspecified atom stereocenters. The van der Waals surface area contributed by atoms with E-state index in [1.807, 2.05) is 26.0 Å². The van der Waals surface area contributed by atoms with Crippen LogP contribution in [0.15, 0.2) is 23.2 Å². The van der Waals surface area contributed by atoms with Crippen LogP contribution in [0.5, 0.6) is 0 Å². The van der Waals surface area contributed by atoms with E-state index in [-0.39, 0.29) is 35.8 Å². The van der Waals surface area contributed by atoms with Gasteiger partial charge in [0.05, 0.1) is 12.6 Å². The van der Waals surface area contributed by atoms with Crippen molar-refractivity contribution in [1.29, 1.82) is 0 Å². The van der Waals surface area contributed by atoms with E-state index in [0.717, 1.165) is 31.2 Å². The lowest BCUT2D eigenvalue weighted by Crippen LogP contribution is -2.39. The maximum Gasteiger partial charge on any atom is 0.191 e. The first-order valence-electron chi connectivity index (χ1n) is 8.36. The number of hydrogen-bond acceptors (Lipinski definition) is 2. The summed E-state index contributed by atoms with van der Waals surface area (Å²) in [4.78, 5) is 6.86. The summed E-state index contributed by atoms with van der Waals surface area (Å²) in [7, 11) is 2.10. The monoisotopic (exact) mass is 450 g/mol. The summed E-state index contributed by atoms with van der Waals surface area (Å²) in [6, 6.07) is 5.85. The summed E-state index contributed by atoms with van der Waals surface area (Å²) in [6.07, 6.45) is 0. The van der Waals surface area contributed by atoms with Crippen LogP contribution in [0.4, 0.5) is 4.39 Å². The number of likely N-dealkylation sites (N-methyl/N-ethyl adjacent to an activating group) is 1. The molecule has 0 fully saturated rings. The van der Waals surface area contributed by atoms with Gasteiger partial charge in [-0.3, -0.25) is 4.99 Å². The quantitative estimate of drug-likeness (QED) is 0.378. The van der Waals surface area contributed by atoms with Crippen molar-refractivity contribution in [3.63, 3.8) is 0 Å². The number of hydrogen-bond donors (Lipinski definition) is 2. The number of aliphatic imine (C=N–C) groups is 1. The molecule has 0 aromatic heterocycles. The van der Waals surface area contributed by atoms with Gasteiger partial charge < -0.3 is 15.5 Å². The Morgan fingerprint density at radius 1 is 1.29 bits per heavy atom. The van der Waals surface area contributed by atoms with Gasteiger partial charge in [0.2, 0.25) is 0 Å². The second kappa shape index (κ2) is 11.6. The molecule has 1 atom stereocenters. The summed E-state index contributed by atoms with van der Waals surface area (Å²) < 4.78 is 13.7. The summed E-state index contributed by atoms with van der Waals surface area (Å²) >= 11 is 0. The third-order valence-electron chi connectivity index (χ3n) is 4.00. The van der Waals surface area contributed by atoms with E-state index in [1.54, 1.807) is 13.0 Å². The summed E-state index contributed by atoms with van der Waals surface area (Å²) in [5, 5.41) is 6.58. The Morgan fingerprint density at radius 3 is 2.50 bits per heavy atom. The van der Waals surface area contributed by atoms with Gasteiger partial charge in [0.1, 0.15) is 5.82 Å². The zero-order valence-corrected chi connectivity index (χ0v) is 18.0. The average molecular weight is 450 g/mol. The van der Waals surface area contributed by atoms with Crippen molar-refractivity contribution in [1.82, 2.24) is 15.5 Å². The molecule has 0 bridgehead atoms. The fourth-order valence-corrected chi connectivity index (χ4v) is 2.06. The number of nitrogens with one attached hydrogen (secondary N) is 2. The second-order valence-electron chi connectivity index (χ2n) is 6.21. The Morgan fingerprint density at radius 2 is 1.96 bits per heavy atom. The molecular formula is C18H32FIN4. The van der Waals surface area contributed by atoms with Crippen LogP contribution in [0.1, 0.15) is 44.9 Å². The second-order valence-corrected chi connectivity index (χ2v) is 6.21. The SMILES string of the molecule is CCNC(=NCCN(C)C(C)C)NC(C)c1ccc(C)c(F)c1.I. The highest BCUT2D eigenvalue weighted by Gasteiger charge is 2.10. The van der Waals surface area contributed by atoms with Crippen molar-refractivity contribution in [2.75, 3.05) is 26.7 Å². The number of aryl methyl sites for hydroxylation is 1. The van der Waals surface area contributed by atoms with Crippen molar-refractivity contribution in [3.8, 4) is 0 Å². The molecule has 4 nitrogen and oxygen atoms in total. The van der Waals surface area contributed by atoms with Crippen molar-refractivity contribution in [2.24, 2.45) is 4.99 Å². The van der Waals surface area contributed by atoms with E-state index < -0.39 is 0 Å². The number of halogens is 2. The van der Waals surface area contributed by atoms with Crippen molar-refractivity contribution >= 4 is 29.9 Å². The third-order valence-corrected chi connectivity index (χ3v) is 4.00. The maximum atomic E-state index is 13.7. The molecule has 1 aromatic carbocycles. The lowest BCUT2D eigenvalue weighted by Gasteiger charge is -2.21. The normalized spacial score (nSPS) is 13.0. The van der Waals surface area contributed by atoms with E-state index >= 15 is 0 Å². The van der Waals surface area contributed by atoms with Gasteiger partial charge in [0.25, 0.3) is 0 Å². The minimum absolute atomic E-state index is 0. The van der Waals surface area contributed by atoms with Crippen molar-refractivity contribution < 1.29 is 4.39 Å². The molecular weight excluding hydrogens is 418 g/mol. The summed E-state index contributed by atoms with van der Waals surface area (Å²) in [5.41, 5.74) is 1.58. The van der Waals surface area contributed by atoms with Crippen LogP contribution >= 0.6 is 24.0 Å². The molecule has 0 heterocycles. The lowest BCUT2D eigenvalue weighted by atomic mass is 10.1. The van der Waals surface area contributed by atoms with Crippen molar-refractivity contribution in [2.45, 2.75) is 46.7 Å². The van der Waals surface area contributed by atoms with Gasteiger partial charge in [-0.25, -0.2) is 4.39 Å². The fraction of sp³-hybridized carbons (Fsp3) is 0.611. The zero-order valence-electron chi connectivity index (χ0n) is 15.7. The van der Waals surface area contributed by atoms with Crippen LogP contribution in [0, 0.1) is 12.7 Å². The Kier molecular flexibility index (Phi) is 11.2. The molecule has 6 heteroatoms. The number of nitrogens with zero attached hydrogens (tertiary/aromatic N) is 2. The van der Waals surface area contributed by atoms with Crippen LogP contribution in [-0.2, 0) is 0 Å². The molecule has 0 aliphatic heterocycles. The van der Waals surface area contributed by atoms with Gasteiger partial charge in [-0.15, -0.1) is 24.0 Å². The Balaban J connectivity index is 0.00000529. The summed E-state index contributed by atoms with van der Waals surface area (Å²) in [5.74, 6) is 0.592. The van der Waals surface area contributed by atoms with E-state index in [1.165, 1.54) is 0 Å². The molecule has 1 rings (SSSR count). The van der Waals surface area contributed by atoms with Crippen LogP contribution in [-0.4, -0.2) is 43.6 Å². The van der Waals surface area contributed by atoms with Gasteiger partial charge in [-0.05, 0) is 58.9 Å². The van der Waals surface area contributed by atoms with E-state index in [9.17, 15) is 4.39 Å². The molecule has 138 valence electrons. The Bertz CT molecular complexity index is 520. The first kappa shape index (κ1) is 23.1. The van der Waals surface area contributed by atoms with E-state index in [2.05, 4.69) is 41.4 Å².